The molecular weight excluding hydrogens is 310 g/mol. The number of para-hydroxylation sites is 1. The second-order valence-corrected chi connectivity index (χ2v) is 6.15. The first kappa shape index (κ1) is 15.6. The summed E-state index contributed by atoms with van der Waals surface area (Å²) < 4.78 is 5.90. The van der Waals surface area contributed by atoms with Crippen molar-refractivity contribution in [3.8, 4) is 0 Å². The van der Waals surface area contributed by atoms with E-state index in [0.29, 0.717) is 6.54 Å². The summed E-state index contributed by atoms with van der Waals surface area (Å²) in [7, 11) is 1.60. The topological polar surface area (TPSA) is 29.5 Å². The van der Waals surface area contributed by atoms with Crippen LogP contribution in [0.4, 0.5) is 5.69 Å². The summed E-state index contributed by atoms with van der Waals surface area (Å²) in [5.41, 5.74) is 2.65. The second-order valence-electron chi connectivity index (χ2n) is 6.15. The predicted molar refractivity (Wildman–Crippen MR) is 98.3 cm³/mol. The summed E-state index contributed by atoms with van der Waals surface area (Å²) in [6, 6.07) is 27.6. The Morgan fingerprint density at radius 2 is 1.44 bits per heavy atom. The lowest BCUT2D eigenvalue weighted by atomic mass is 9.87. The Balaban J connectivity index is 1.86. The first-order valence-corrected chi connectivity index (χ1v) is 8.33. The van der Waals surface area contributed by atoms with Gasteiger partial charge in [-0.15, -0.1) is 0 Å². The first-order chi connectivity index (χ1) is 12.3. The molecule has 0 saturated carbocycles. The van der Waals surface area contributed by atoms with Crippen LogP contribution in [-0.4, -0.2) is 13.0 Å². The van der Waals surface area contributed by atoms with Crippen LogP contribution in [0.3, 0.4) is 0 Å². The number of rotatable bonds is 4. The van der Waals surface area contributed by atoms with Gasteiger partial charge in [0.05, 0.1) is 12.2 Å². The van der Waals surface area contributed by atoms with E-state index in [2.05, 4.69) is 0 Å². The molecule has 3 aromatic rings. The van der Waals surface area contributed by atoms with Gasteiger partial charge < -0.3 is 9.64 Å². The van der Waals surface area contributed by atoms with Gasteiger partial charge in [0, 0.05) is 12.7 Å². The average molecular weight is 329 g/mol. The van der Waals surface area contributed by atoms with Gasteiger partial charge in [-0.05, 0) is 17.2 Å². The van der Waals surface area contributed by atoms with E-state index in [1.807, 2.05) is 89.8 Å². The van der Waals surface area contributed by atoms with Crippen molar-refractivity contribution in [3.05, 3.63) is 102 Å². The Labute approximate surface area is 147 Å². The molecule has 0 saturated heterocycles. The summed E-state index contributed by atoms with van der Waals surface area (Å²) in [5, 5.41) is 0. The van der Waals surface area contributed by atoms with Crippen LogP contribution in [0.15, 0.2) is 84.9 Å². The van der Waals surface area contributed by atoms with E-state index < -0.39 is 5.60 Å². The van der Waals surface area contributed by atoms with Crippen molar-refractivity contribution < 1.29 is 9.53 Å². The molecule has 25 heavy (non-hydrogen) atoms. The van der Waals surface area contributed by atoms with Crippen LogP contribution < -0.4 is 4.90 Å². The Morgan fingerprint density at radius 1 is 0.840 bits per heavy atom. The highest BCUT2D eigenvalue weighted by Gasteiger charge is 2.52. The number of amides is 1. The van der Waals surface area contributed by atoms with E-state index in [4.69, 9.17) is 4.74 Å². The fraction of sp³-hybridized carbons (Fsp3) is 0.136. The number of ether oxygens (including phenoxy) is 1. The van der Waals surface area contributed by atoms with Crippen LogP contribution in [-0.2, 0) is 21.7 Å². The van der Waals surface area contributed by atoms with Crippen LogP contribution in [0, 0.1) is 0 Å². The zero-order chi connectivity index (χ0) is 17.3. The molecule has 3 nitrogen and oxygen atoms in total. The number of methoxy groups -OCH3 is 1. The fourth-order valence-electron chi connectivity index (χ4n) is 3.61. The number of hydrogen-bond donors (Lipinski definition) is 0. The van der Waals surface area contributed by atoms with E-state index in [1.54, 1.807) is 7.11 Å². The van der Waals surface area contributed by atoms with Crippen molar-refractivity contribution in [2.45, 2.75) is 12.1 Å². The van der Waals surface area contributed by atoms with Crippen LogP contribution in [0.5, 0.6) is 0 Å². The number of anilines is 1. The number of carbonyl (C=O) groups is 1. The Kier molecular flexibility index (Phi) is 3.86. The Morgan fingerprint density at radius 3 is 2.12 bits per heavy atom. The molecule has 1 aliphatic heterocycles. The van der Waals surface area contributed by atoms with Crippen molar-refractivity contribution >= 4 is 11.6 Å². The smallest absolute Gasteiger partial charge is 0.268 e. The van der Waals surface area contributed by atoms with Crippen molar-refractivity contribution in [1.82, 2.24) is 0 Å². The largest absolute Gasteiger partial charge is 0.359 e. The van der Waals surface area contributed by atoms with E-state index in [9.17, 15) is 4.79 Å². The lowest BCUT2D eigenvalue weighted by molar-refractivity contribution is -0.135. The van der Waals surface area contributed by atoms with E-state index >= 15 is 0 Å². The van der Waals surface area contributed by atoms with Crippen molar-refractivity contribution in [2.75, 3.05) is 12.0 Å². The third-order valence-electron chi connectivity index (χ3n) is 4.79. The minimum atomic E-state index is -1.09. The summed E-state index contributed by atoms with van der Waals surface area (Å²) in [6.45, 7) is 0.522. The lowest BCUT2D eigenvalue weighted by Crippen LogP contribution is -2.42. The molecule has 3 heteroatoms. The SMILES string of the molecule is COC1(c2ccccc2)C(=O)N(Cc2ccccc2)c2ccccc21. The first-order valence-electron chi connectivity index (χ1n) is 8.33. The van der Waals surface area contributed by atoms with Crippen molar-refractivity contribution in [2.24, 2.45) is 0 Å². The summed E-state index contributed by atoms with van der Waals surface area (Å²) in [6.07, 6.45) is 0. The van der Waals surface area contributed by atoms with E-state index in [1.165, 1.54) is 0 Å². The van der Waals surface area contributed by atoms with E-state index in [-0.39, 0.29) is 5.91 Å². The van der Waals surface area contributed by atoms with Gasteiger partial charge in [0.1, 0.15) is 0 Å². The molecule has 4 rings (SSSR count). The van der Waals surface area contributed by atoms with Crippen molar-refractivity contribution in [1.29, 1.82) is 0 Å². The number of hydrogen-bond acceptors (Lipinski definition) is 2. The maximum absolute atomic E-state index is 13.5. The summed E-state index contributed by atoms with van der Waals surface area (Å²) >= 11 is 0. The highest BCUT2D eigenvalue weighted by atomic mass is 16.5. The summed E-state index contributed by atoms with van der Waals surface area (Å²) in [5.74, 6) is -0.0498. The maximum Gasteiger partial charge on any atom is 0.268 e. The molecule has 0 radical (unpaired) electrons. The monoisotopic (exact) mass is 329 g/mol. The average Bonchev–Trinajstić information content (AvgIpc) is 2.92. The number of carbonyl (C=O) groups excluding carboxylic acids is 1. The van der Waals surface area contributed by atoms with Gasteiger partial charge >= 0.3 is 0 Å². The molecule has 1 heterocycles. The molecule has 0 bridgehead atoms. The molecule has 124 valence electrons. The number of fused-ring (bicyclic) bond motifs is 1. The van der Waals surface area contributed by atoms with Gasteiger partial charge in [0.15, 0.2) is 5.60 Å². The van der Waals surface area contributed by atoms with Gasteiger partial charge in [-0.1, -0.05) is 78.9 Å². The van der Waals surface area contributed by atoms with Gasteiger partial charge in [0.25, 0.3) is 5.91 Å². The normalized spacial score (nSPS) is 19.1. The molecular formula is C22H19NO2. The van der Waals surface area contributed by atoms with Crippen LogP contribution >= 0.6 is 0 Å². The Hall–Kier alpha value is -2.91. The quantitative estimate of drug-likeness (QED) is 0.720. The minimum Gasteiger partial charge on any atom is -0.359 e. The third-order valence-corrected chi connectivity index (χ3v) is 4.79. The molecule has 0 N–H and O–H groups in total. The second kappa shape index (κ2) is 6.19. The standard InChI is InChI=1S/C22H19NO2/c1-25-22(18-12-6-3-7-13-18)19-14-8-9-15-20(19)23(21(22)24)16-17-10-4-2-5-11-17/h2-15H,16H2,1H3. The molecule has 1 aliphatic rings. The Bertz CT molecular complexity index is 892. The molecule has 0 aliphatic carbocycles. The predicted octanol–water partition coefficient (Wildman–Crippen LogP) is 4.12. The highest BCUT2D eigenvalue weighted by molar-refractivity contribution is 6.09. The maximum atomic E-state index is 13.5. The van der Waals surface area contributed by atoms with Crippen LogP contribution in [0.2, 0.25) is 0 Å². The van der Waals surface area contributed by atoms with Gasteiger partial charge in [-0.2, -0.15) is 0 Å². The summed E-state index contributed by atoms with van der Waals surface area (Å²) in [4.78, 5) is 15.3. The minimum absolute atomic E-state index is 0.0498. The third kappa shape index (κ3) is 2.36. The number of benzene rings is 3. The molecule has 0 fully saturated rings. The van der Waals surface area contributed by atoms with Gasteiger partial charge in [-0.25, -0.2) is 0 Å². The van der Waals surface area contributed by atoms with Gasteiger partial charge in [0.2, 0.25) is 0 Å². The fourth-order valence-corrected chi connectivity index (χ4v) is 3.61. The van der Waals surface area contributed by atoms with Gasteiger partial charge in [-0.3, -0.25) is 4.79 Å². The molecule has 3 aromatic carbocycles. The van der Waals surface area contributed by atoms with E-state index in [0.717, 1.165) is 22.4 Å². The van der Waals surface area contributed by atoms with Crippen molar-refractivity contribution in [3.63, 3.8) is 0 Å². The molecule has 1 amide bonds. The molecule has 0 aromatic heterocycles. The molecule has 1 atom stereocenters. The van der Waals surface area contributed by atoms with Crippen LogP contribution in [0.25, 0.3) is 0 Å². The highest BCUT2D eigenvalue weighted by Crippen LogP contribution is 2.47. The zero-order valence-corrected chi connectivity index (χ0v) is 14.1. The lowest BCUT2D eigenvalue weighted by Gasteiger charge is -2.28. The molecule has 1 unspecified atom stereocenters. The molecule has 0 spiro atoms. The number of nitrogens with zero attached hydrogens (tertiary/aromatic N) is 1. The van der Waals surface area contributed by atoms with Crippen LogP contribution in [0.1, 0.15) is 16.7 Å². The zero-order valence-electron chi connectivity index (χ0n) is 14.1.